The van der Waals surface area contributed by atoms with Gasteiger partial charge in [0.1, 0.15) is 4.77 Å². The molecule has 0 bridgehead atoms. The van der Waals surface area contributed by atoms with Gasteiger partial charge in [0.2, 0.25) is 0 Å². The lowest BCUT2D eigenvalue weighted by atomic mass is 10.2. The Morgan fingerprint density at radius 2 is 1.72 bits per heavy atom. The Morgan fingerprint density at radius 3 is 2.17 bits per heavy atom. The number of benzene rings is 1. The Balaban J connectivity index is 3.15. The van der Waals surface area contributed by atoms with Crippen LogP contribution in [-0.4, -0.2) is 13.2 Å². The van der Waals surface area contributed by atoms with E-state index in [1.54, 1.807) is 44.2 Å². The number of hydrogen-bond donors (Lipinski definition) is 0. The summed E-state index contributed by atoms with van der Waals surface area (Å²) < 4.78 is 21.9. The van der Waals surface area contributed by atoms with Gasteiger partial charge in [-0.3, -0.25) is 4.57 Å². The highest BCUT2D eigenvalue weighted by Crippen LogP contribution is 2.59. The lowest BCUT2D eigenvalue weighted by Gasteiger charge is -2.22. The SMILES string of the molecule is CCOP(=O)(OCC)/C(Cl)=C(\[O-])c1ccccc1. The zero-order valence-corrected chi connectivity index (χ0v) is 11.9. The normalized spacial score (nSPS) is 13.3. The number of hydrogen-bond acceptors (Lipinski definition) is 4. The maximum absolute atomic E-state index is 12.3. The van der Waals surface area contributed by atoms with Crippen LogP contribution in [0, 0.1) is 0 Å². The van der Waals surface area contributed by atoms with Crippen molar-refractivity contribution in [1.82, 2.24) is 0 Å². The third-order valence-electron chi connectivity index (χ3n) is 2.06. The fourth-order valence-corrected chi connectivity index (χ4v) is 3.08. The third-order valence-corrected chi connectivity index (χ3v) is 4.73. The Labute approximate surface area is 112 Å². The molecule has 0 aromatic heterocycles. The van der Waals surface area contributed by atoms with Crippen molar-refractivity contribution >= 4 is 25.0 Å². The first-order valence-electron chi connectivity index (χ1n) is 5.57. The molecule has 0 unspecified atom stereocenters. The third kappa shape index (κ3) is 3.59. The van der Waals surface area contributed by atoms with Gasteiger partial charge in [-0.1, -0.05) is 47.7 Å². The summed E-state index contributed by atoms with van der Waals surface area (Å²) in [7, 11) is -3.70. The van der Waals surface area contributed by atoms with E-state index < -0.39 is 18.1 Å². The Kier molecular flexibility index (Phi) is 5.89. The van der Waals surface area contributed by atoms with E-state index in [-0.39, 0.29) is 13.2 Å². The van der Waals surface area contributed by atoms with E-state index in [0.717, 1.165) is 0 Å². The van der Waals surface area contributed by atoms with Gasteiger partial charge in [0.25, 0.3) is 0 Å². The average molecular weight is 290 g/mol. The van der Waals surface area contributed by atoms with E-state index in [1.807, 2.05) is 0 Å². The summed E-state index contributed by atoms with van der Waals surface area (Å²) in [6.45, 7) is 3.61. The second kappa shape index (κ2) is 6.95. The van der Waals surface area contributed by atoms with E-state index >= 15 is 0 Å². The zero-order valence-electron chi connectivity index (χ0n) is 10.3. The fraction of sp³-hybridized carbons (Fsp3) is 0.333. The summed E-state index contributed by atoms with van der Waals surface area (Å²) in [6, 6.07) is 8.35. The highest BCUT2D eigenvalue weighted by molar-refractivity contribution is 7.61. The predicted molar refractivity (Wildman–Crippen MR) is 70.1 cm³/mol. The Morgan fingerprint density at radius 1 is 1.22 bits per heavy atom. The zero-order chi connectivity index (χ0) is 13.6. The van der Waals surface area contributed by atoms with Crippen molar-refractivity contribution in [3.63, 3.8) is 0 Å². The first kappa shape index (κ1) is 15.3. The summed E-state index contributed by atoms with van der Waals surface area (Å²) in [5.74, 6) is -0.539. The molecule has 1 aromatic carbocycles. The monoisotopic (exact) mass is 289 g/mol. The van der Waals surface area contributed by atoms with E-state index in [4.69, 9.17) is 20.6 Å². The van der Waals surface area contributed by atoms with Gasteiger partial charge in [-0.25, -0.2) is 0 Å². The van der Waals surface area contributed by atoms with Crippen molar-refractivity contribution in [3.05, 3.63) is 40.7 Å². The van der Waals surface area contributed by atoms with Gasteiger partial charge >= 0.3 is 7.60 Å². The number of halogens is 1. The Bertz CT molecular complexity index is 448. The topological polar surface area (TPSA) is 58.6 Å². The Hall–Kier alpha value is -0.800. The summed E-state index contributed by atoms with van der Waals surface area (Å²) >= 11 is 5.88. The molecule has 0 aliphatic rings. The molecule has 0 aliphatic heterocycles. The van der Waals surface area contributed by atoms with E-state index in [1.165, 1.54) is 0 Å². The minimum Gasteiger partial charge on any atom is -0.871 e. The van der Waals surface area contributed by atoms with Crippen LogP contribution in [0.2, 0.25) is 0 Å². The van der Waals surface area contributed by atoms with Crippen LogP contribution in [0.4, 0.5) is 0 Å². The molecule has 0 atom stereocenters. The number of rotatable bonds is 6. The highest BCUT2D eigenvalue weighted by Gasteiger charge is 2.29. The molecule has 1 rings (SSSR count). The molecule has 0 amide bonds. The van der Waals surface area contributed by atoms with Crippen LogP contribution >= 0.6 is 19.2 Å². The van der Waals surface area contributed by atoms with Crippen LogP contribution in [0.1, 0.15) is 19.4 Å². The smallest absolute Gasteiger partial charge is 0.371 e. The van der Waals surface area contributed by atoms with E-state index in [0.29, 0.717) is 5.56 Å². The summed E-state index contributed by atoms with van der Waals surface area (Å²) in [6.07, 6.45) is 0. The first-order valence-corrected chi connectivity index (χ1v) is 7.49. The van der Waals surface area contributed by atoms with Gasteiger partial charge in [-0.15, -0.1) is 0 Å². The van der Waals surface area contributed by atoms with Crippen molar-refractivity contribution in [2.24, 2.45) is 0 Å². The molecular weight excluding hydrogens is 275 g/mol. The molecule has 0 spiro atoms. The highest BCUT2D eigenvalue weighted by atomic mass is 35.5. The quantitative estimate of drug-likeness (QED) is 0.596. The molecular formula is C12H15ClO4P-. The molecule has 0 fully saturated rings. The van der Waals surface area contributed by atoms with Crippen molar-refractivity contribution in [1.29, 1.82) is 0 Å². The summed E-state index contributed by atoms with van der Waals surface area (Å²) in [5, 5.41) is 12.0. The summed E-state index contributed by atoms with van der Waals surface area (Å²) in [4.78, 5) is 0. The maximum atomic E-state index is 12.3. The molecule has 0 saturated heterocycles. The van der Waals surface area contributed by atoms with Crippen LogP contribution < -0.4 is 5.11 Å². The van der Waals surface area contributed by atoms with Crippen molar-refractivity contribution in [3.8, 4) is 0 Å². The van der Waals surface area contributed by atoms with Crippen molar-refractivity contribution < 1.29 is 18.7 Å². The van der Waals surface area contributed by atoms with Crippen molar-refractivity contribution in [2.75, 3.05) is 13.2 Å². The molecule has 100 valence electrons. The van der Waals surface area contributed by atoms with Crippen LogP contribution in [0.15, 0.2) is 35.1 Å². The minimum absolute atomic E-state index is 0.148. The van der Waals surface area contributed by atoms with Gasteiger partial charge in [0.05, 0.1) is 13.2 Å². The molecule has 0 heterocycles. The summed E-state index contributed by atoms with van der Waals surface area (Å²) in [5.41, 5.74) is 0.349. The standard InChI is InChI=1S/C12H16ClO4P/c1-3-16-18(15,17-4-2)12(13)11(14)10-8-6-5-7-9-10/h5-9,14H,3-4H2,1-2H3/p-1/b12-11-. The molecule has 0 radical (unpaired) electrons. The second-order valence-corrected chi connectivity index (χ2v) is 5.92. The molecule has 0 saturated carbocycles. The van der Waals surface area contributed by atoms with Gasteiger partial charge in [0, 0.05) is 0 Å². The van der Waals surface area contributed by atoms with Crippen LogP contribution in [0.3, 0.4) is 0 Å². The largest absolute Gasteiger partial charge is 0.871 e. The van der Waals surface area contributed by atoms with Crippen molar-refractivity contribution in [2.45, 2.75) is 13.8 Å². The average Bonchev–Trinajstić information content (AvgIpc) is 2.38. The van der Waals surface area contributed by atoms with Crippen LogP contribution in [0.25, 0.3) is 5.76 Å². The minimum atomic E-state index is -3.70. The molecule has 4 nitrogen and oxygen atoms in total. The van der Waals surface area contributed by atoms with Gasteiger partial charge < -0.3 is 14.2 Å². The molecule has 18 heavy (non-hydrogen) atoms. The van der Waals surface area contributed by atoms with Gasteiger partial charge in [-0.2, -0.15) is 0 Å². The van der Waals surface area contributed by atoms with Crippen LogP contribution in [-0.2, 0) is 13.6 Å². The lowest BCUT2D eigenvalue weighted by Crippen LogP contribution is -2.07. The predicted octanol–water partition coefficient (Wildman–Crippen LogP) is 3.18. The molecule has 0 N–H and O–H groups in total. The van der Waals surface area contributed by atoms with E-state index in [9.17, 15) is 9.67 Å². The van der Waals surface area contributed by atoms with Crippen LogP contribution in [0.5, 0.6) is 0 Å². The van der Waals surface area contributed by atoms with E-state index in [2.05, 4.69) is 0 Å². The molecule has 1 aromatic rings. The second-order valence-electron chi connectivity index (χ2n) is 3.32. The molecule has 6 heteroatoms. The lowest BCUT2D eigenvalue weighted by molar-refractivity contribution is -0.244. The van der Waals surface area contributed by atoms with Gasteiger partial charge in [-0.05, 0) is 19.4 Å². The molecule has 0 aliphatic carbocycles. The fourth-order valence-electron chi connectivity index (χ4n) is 1.32. The van der Waals surface area contributed by atoms with Gasteiger partial charge in [0.15, 0.2) is 0 Å². The maximum Gasteiger partial charge on any atom is 0.371 e. The first-order chi connectivity index (χ1) is 8.55.